The van der Waals surface area contributed by atoms with E-state index in [9.17, 15) is 4.79 Å². The molecule has 25 heavy (non-hydrogen) atoms. The molecule has 0 aliphatic heterocycles. The highest BCUT2D eigenvalue weighted by molar-refractivity contribution is 7.99. The first-order valence-corrected chi connectivity index (χ1v) is 9.02. The molecule has 0 saturated carbocycles. The standard InChI is InChI=1S/C17H24N4O3S/c1-12(2)16-19-20-17(21(16)9-10-23-3)25-11-15(22)18-13-5-7-14(24-4)8-6-13/h5-8,12H,9-11H2,1-4H3,(H,18,22). The minimum absolute atomic E-state index is 0.0949. The summed E-state index contributed by atoms with van der Waals surface area (Å²) < 4.78 is 12.3. The lowest BCUT2D eigenvalue weighted by atomic mass is 10.2. The summed E-state index contributed by atoms with van der Waals surface area (Å²) in [4.78, 5) is 12.2. The zero-order valence-corrected chi connectivity index (χ0v) is 15.8. The zero-order valence-electron chi connectivity index (χ0n) is 15.0. The van der Waals surface area contributed by atoms with Crippen LogP contribution >= 0.6 is 11.8 Å². The Morgan fingerprint density at radius 3 is 2.56 bits per heavy atom. The van der Waals surface area contributed by atoms with Gasteiger partial charge in [-0.15, -0.1) is 10.2 Å². The summed E-state index contributed by atoms with van der Waals surface area (Å²) >= 11 is 1.37. The van der Waals surface area contributed by atoms with Crippen LogP contribution in [0.1, 0.15) is 25.6 Å². The SMILES string of the molecule is COCCn1c(SCC(=O)Nc2ccc(OC)cc2)nnc1C(C)C. The predicted molar refractivity (Wildman–Crippen MR) is 98.3 cm³/mol. The summed E-state index contributed by atoms with van der Waals surface area (Å²) in [5.74, 6) is 2.07. The van der Waals surface area contributed by atoms with E-state index < -0.39 is 0 Å². The molecule has 2 aromatic rings. The van der Waals surface area contributed by atoms with Crippen LogP contribution in [0.25, 0.3) is 0 Å². The predicted octanol–water partition coefficient (Wildman–Crippen LogP) is 2.79. The van der Waals surface area contributed by atoms with Gasteiger partial charge >= 0.3 is 0 Å². The van der Waals surface area contributed by atoms with E-state index in [2.05, 4.69) is 29.4 Å². The van der Waals surface area contributed by atoms with Gasteiger partial charge in [0.25, 0.3) is 0 Å². The number of aromatic nitrogens is 3. The molecule has 1 aromatic carbocycles. The number of methoxy groups -OCH3 is 2. The lowest BCUT2D eigenvalue weighted by Crippen LogP contribution is -2.15. The van der Waals surface area contributed by atoms with Crippen LogP contribution in [0.3, 0.4) is 0 Å². The van der Waals surface area contributed by atoms with Gasteiger partial charge in [-0.25, -0.2) is 0 Å². The first kappa shape index (κ1) is 19.3. The molecule has 0 radical (unpaired) electrons. The van der Waals surface area contributed by atoms with Gasteiger partial charge in [0.05, 0.1) is 19.5 Å². The van der Waals surface area contributed by atoms with Crippen LogP contribution in [-0.2, 0) is 16.1 Å². The molecule has 1 heterocycles. The molecule has 1 amide bonds. The van der Waals surface area contributed by atoms with Crippen molar-refractivity contribution in [1.82, 2.24) is 14.8 Å². The highest BCUT2D eigenvalue weighted by atomic mass is 32.2. The van der Waals surface area contributed by atoms with Crippen molar-refractivity contribution in [1.29, 1.82) is 0 Å². The van der Waals surface area contributed by atoms with E-state index >= 15 is 0 Å². The number of ether oxygens (including phenoxy) is 2. The Hall–Kier alpha value is -2.06. The van der Waals surface area contributed by atoms with Gasteiger partial charge in [-0.3, -0.25) is 4.79 Å². The lowest BCUT2D eigenvalue weighted by molar-refractivity contribution is -0.113. The summed E-state index contributed by atoms with van der Waals surface area (Å²) in [6.07, 6.45) is 0. The van der Waals surface area contributed by atoms with Crippen molar-refractivity contribution in [3.05, 3.63) is 30.1 Å². The fourth-order valence-corrected chi connectivity index (χ4v) is 3.00. The van der Waals surface area contributed by atoms with Crippen LogP contribution in [0.2, 0.25) is 0 Å². The number of hydrogen-bond donors (Lipinski definition) is 1. The molecule has 0 saturated heterocycles. The molecule has 0 bridgehead atoms. The second-order valence-corrected chi connectivity index (χ2v) is 6.65. The molecule has 136 valence electrons. The van der Waals surface area contributed by atoms with E-state index in [0.717, 1.165) is 22.4 Å². The van der Waals surface area contributed by atoms with Crippen molar-refractivity contribution in [2.75, 3.05) is 31.9 Å². The smallest absolute Gasteiger partial charge is 0.234 e. The molecular weight excluding hydrogens is 340 g/mol. The van der Waals surface area contributed by atoms with Crippen LogP contribution < -0.4 is 10.1 Å². The number of benzene rings is 1. The van der Waals surface area contributed by atoms with E-state index in [1.807, 2.05) is 4.57 Å². The fourth-order valence-electron chi connectivity index (χ4n) is 2.23. The molecule has 0 atom stereocenters. The topological polar surface area (TPSA) is 78.3 Å². The normalized spacial score (nSPS) is 10.9. The Balaban J connectivity index is 1.96. The molecule has 0 aliphatic rings. The summed E-state index contributed by atoms with van der Waals surface area (Å²) in [6, 6.07) is 7.22. The van der Waals surface area contributed by atoms with Crippen molar-refractivity contribution in [2.45, 2.75) is 31.5 Å². The second kappa shape index (κ2) is 9.43. The quantitative estimate of drug-likeness (QED) is 0.690. The molecule has 7 nitrogen and oxygen atoms in total. The molecule has 0 unspecified atom stereocenters. The van der Waals surface area contributed by atoms with E-state index in [1.54, 1.807) is 38.5 Å². The minimum atomic E-state index is -0.0949. The summed E-state index contributed by atoms with van der Waals surface area (Å²) in [6.45, 7) is 5.37. The van der Waals surface area contributed by atoms with Crippen LogP contribution in [0.15, 0.2) is 29.4 Å². The number of anilines is 1. The van der Waals surface area contributed by atoms with Crippen LogP contribution in [0.4, 0.5) is 5.69 Å². The Bertz CT molecular complexity index is 686. The molecule has 0 fully saturated rings. The molecule has 8 heteroatoms. The van der Waals surface area contributed by atoms with E-state index in [0.29, 0.717) is 13.2 Å². The highest BCUT2D eigenvalue weighted by Crippen LogP contribution is 2.22. The lowest BCUT2D eigenvalue weighted by Gasteiger charge is -2.11. The molecular formula is C17H24N4O3S. The van der Waals surface area contributed by atoms with Crippen LogP contribution in [-0.4, -0.2) is 47.3 Å². The van der Waals surface area contributed by atoms with Gasteiger partial charge in [-0.1, -0.05) is 25.6 Å². The summed E-state index contributed by atoms with van der Waals surface area (Å²) in [7, 11) is 3.27. The highest BCUT2D eigenvalue weighted by Gasteiger charge is 2.16. The number of nitrogens with one attached hydrogen (secondary N) is 1. The van der Waals surface area contributed by atoms with E-state index in [1.165, 1.54) is 11.8 Å². The van der Waals surface area contributed by atoms with Gasteiger partial charge in [0, 0.05) is 25.3 Å². The van der Waals surface area contributed by atoms with Crippen molar-refractivity contribution in [3.8, 4) is 5.75 Å². The Morgan fingerprint density at radius 1 is 1.24 bits per heavy atom. The van der Waals surface area contributed by atoms with Gasteiger partial charge in [-0.05, 0) is 24.3 Å². The Morgan fingerprint density at radius 2 is 1.96 bits per heavy atom. The zero-order chi connectivity index (χ0) is 18.2. The third-order valence-corrected chi connectivity index (χ3v) is 4.45. The largest absolute Gasteiger partial charge is 0.497 e. The first-order chi connectivity index (χ1) is 12.0. The van der Waals surface area contributed by atoms with Gasteiger partial charge < -0.3 is 19.4 Å². The Kier molecular flexibility index (Phi) is 7.27. The monoisotopic (exact) mass is 364 g/mol. The maximum atomic E-state index is 12.2. The number of rotatable bonds is 9. The van der Waals surface area contributed by atoms with Gasteiger partial charge in [0.1, 0.15) is 11.6 Å². The molecule has 0 spiro atoms. The number of hydrogen-bond acceptors (Lipinski definition) is 6. The average Bonchev–Trinajstić information content (AvgIpc) is 3.02. The minimum Gasteiger partial charge on any atom is -0.497 e. The summed E-state index contributed by atoms with van der Waals surface area (Å²) in [5, 5.41) is 12.0. The van der Waals surface area contributed by atoms with Gasteiger partial charge in [0.2, 0.25) is 5.91 Å². The van der Waals surface area contributed by atoms with Crippen LogP contribution in [0, 0.1) is 0 Å². The van der Waals surface area contributed by atoms with Crippen molar-refractivity contribution in [2.24, 2.45) is 0 Å². The molecule has 2 rings (SSSR count). The van der Waals surface area contributed by atoms with Crippen molar-refractivity contribution < 1.29 is 14.3 Å². The molecule has 1 aromatic heterocycles. The number of amides is 1. The number of nitrogens with zero attached hydrogens (tertiary/aromatic N) is 3. The number of thioether (sulfide) groups is 1. The number of carbonyl (C=O) groups excluding carboxylic acids is 1. The summed E-state index contributed by atoms with van der Waals surface area (Å²) in [5.41, 5.74) is 0.732. The third-order valence-electron chi connectivity index (χ3n) is 3.49. The van der Waals surface area contributed by atoms with Crippen molar-refractivity contribution in [3.63, 3.8) is 0 Å². The maximum absolute atomic E-state index is 12.2. The van der Waals surface area contributed by atoms with Gasteiger partial charge in [-0.2, -0.15) is 0 Å². The molecule has 1 N–H and O–H groups in total. The average molecular weight is 364 g/mol. The third kappa shape index (κ3) is 5.47. The van der Waals surface area contributed by atoms with Crippen molar-refractivity contribution >= 4 is 23.4 Å². The van der Waals surface area contributed by atoms with E-state index in [4.69, 9.17) is 9.47 Å². The van der Waals surface area contributed by atoms with E-state index in [-0.39, 0.29) is 17.6 Å². The second-order valence-electron chi connectivity index (χ2n) is 5.71. The van der Waals surface area contributed by atoms with Crippen LogP contribution in [0.5, 0.6) is 5.75 Å². The maximum Gasteiger partial charge on any atom is 0.234 e. The first-order valence-electron chi connectivity index (χ1n) is 8.04. The van der Waals surface area contributed by atoms with Gasteiger partial charge in [0.15, 0.2) is 5.16 Å². The Labute approximate surface area is 152 Å². The fraction of sp³-hybridized carbons (Fsp3) is 0.471. The number of carbonyl (C=O) groups is 1. The molecule has 0 aliphatic carbocycles.